The molecule has 156 valence electrons. The van der Waals surface area contributed by atoms with E-state index in [9.17, 15) is 19.2 Å². The van der Waals surface area contributed by atoms with Crippen LogP contribution in [0.25, 0.3) is 0 Å². The molecule has 1 aromatic rings. The summed E-state index contributed by atoms with van der Waals surface area (Å²) in [4.78, 5) is 51.2. The van der Waals surface area contributed by atoms with Gasteiger partial charge in [0.2, 0.25) is 17.7 Å². The van der Waals surface area contributed by atoms with E-state index in [4.69, 9.17) is 0 Å². The van der Waals surface area contributed by atoms with Crippen molar-refractivity contribution in [3.05, 3.63) is 35.4 Å². The SMILES string of the molecule is CC(=O)NCC(=O)N1C[C@@H](C(=O)NC(C)(C)C)[C@@]2(Cc3ccccc3C(=O)N2)C1. The number of carbonyl (C=O) groups is 4. The third-order valence-electron chi connectivity index (χ3n) is 5.33. The lowest BCUT2D eigenvalue weighted by Crippen LogP contribution is -2.62. The van der Waals surface area contributed by atoms with Crippen LogP contribution in [0.1, 0.15) is 43.6 Å². The first-order valence-electron chi connectivity index (χ1n) is 9.75. The second-order valence-electron chi connectivity index (χ2n) is 8.92. The fourth-order valence-electron chi connectivity index (χ4n) is 4.08. The first-order valence-corrected chi connectivity index (χ1v) is 9.75. The molecule has 3 rings (SSSR count). The molecule has 0 saturated carbocycles. The Kier molecular flexibility index (Phi) is 5.38. The standard InChI is InChI=1S/C21H28N4O4/c1-13(26)22-10-17(27)25-11-16(19(29)23-20(2,3)4)21(12-25)9-14-7-5-6-8-15(14)18(28)24-21/h5-8,16H,9-12H2,1-4H3,(H,22,26)(H,23,29)(H,24,28)/t16-,21+/m0/s1. The maximum atomic E-state index is 13.1. The van der Waals surface area contributed by atoms with Gasteiger partial charge in [-0.05, 0) is 38.8 Å². The van der Waals surface area contributed by atoms with Gasteiger partial charge in [-0.25, -0.2) is 0 Å². The van der Waals surface area contributed by atoms with Crippen molar-refractivity contribution in [3.63, 3.8) is 0 Å². The van der Waals surface area contributed by atoms with Crippen molar-refractivity contribution in [3.8, 4) is 0 Å². The van der Waals surface area contributed by atoms with Gasteiger partial charge in [-0.1, -0.05) is 18.2 Å². The molecule has 1 fully saturated rings. The van der Waals surface area contributed by atoms with E-state index in [1.807, 2.05) is 32.9 Å². The number of benzene rings is 1. The third-order valence-corrected chi connectivity index (χ3v) is 5.33. The van der Waals surface area contributed by atoms with Gasteiger partial charge < -0.3 is 20.9 Å². The Morgan fingerprint density at radius 1 is 1.24 bits per heavy atom. The molecule has 2 aliphatic rings. The molecule has 1 saturated heterocycles. The van der Waals surface area contributed by atoms with Crippen molar-refractivity contribution in [2.45, 2.75) is 45.2 Å². The fourth-order valence-corrected chi connectivity index (χ4v) is 4.08. The average Bonchev–Trinajstić information content (AvgIpc) is 2.97. The minimum absolute atomic E-state index is 0.135. The lowest BCUT2D eigenvalue weighted by molar-refractivity contribution is -0.132. The molecule has 4 amide bonds. The number of nitrogens with one attached hydrogen (secondary N) is 3. The zero-order valence-electron chi connectivity index (χ0n) is 17.3. The first kappa shape index (κ1) is 20.8. The van der Waals surface area contributed by atoms with Crippen LogP contribution in [0.15, 0.2) is 24.3 Å². The molecule has 2 atom stereocenters. The predicted octanol–water partition coefficient (Wildman–Crippen LogP) is 0.221. The van der Waals surface area contributed by atoms with Gasteiger partial charge in [0, 0.05) is 31.1 Å². The molecule has 2 aliphatic heterocycles. The zero-order chi connectivity index (χ0) is 21.4. The van der Waals surface area contributed by atoms with Crippen molar-refractivity contribution in [2.24, 2.45) is 5.92 Å². The highest BCUT2D eigenvalue weighted by Crippen LogP contribution is 2.36. The maximum absolute atomic E-state index is 13.1. The van der Waals surface area contributed by atoms with Gasteiger partial charge in [0.1, 0.15) is 0 Å². The third kappa shape index (κ3) is 4.41. The minimum Gasteiger partial charge on any atom is -0.351 e. The van der Waals surface area contributed by atoms with Crippen LogP contribution in [0.2, 0.25) is 0 Å². The Morgan fingerprint density at radius 3 is 2.59 bits per heavy atom. The first-order chi connectivity index (χ1) is 13.5. The number of hydrogen-bond acceptors (Lipinski definition) is 4. The van der Waals surface area contributed by atoms with E-state index >= 15 is 0 Å². The van der Waals surface area contributed by atoms with Gasteiger partial charge in [-0.2, -0.15) is 0 Å². The van der Waals surface area contributed by atoms with E-state index < -0.39 is 17.0 Å². The summed E-state index contributed by atoms with van der Waals surface area (Å²) in [6.07, 6.45) is 0.459. The van der Waals surface area contributed by atoms with Crippen LogP contribution < -0.4 is 16.0 Å². The summed E-state index contributed by atoms with van der Waals surface area (Å²) in [5, 5.41) is 8.52. The molecule has 0 aliphatic carbocycles. The molecule has 0 bridgehead atoms. The maximum Gasteiger partial charge on any atom is 0.252 e. The molecule has 0 unspecified atom stereocenters. The molecular weight excluding hydrogens is 372 g/mol. The van der Waals surface area contributed by atoms with Gasteiger partial charge in [0.15, 0.2) is 0 Å². The monoisotopic (exact) mass is 400 g/mol. The summed E-state index contributed by atoms with van der Waals surface area (Å²) in [5.74, 6) is -1.61. The number of rotatable bonds is 3. The number of amides is 4. The lowest BCUT2D eigenvalue weighted by atomic mass is 9.76. The average molecular weight is 400 g/mol. The van der Waals surface area contributed by atoms with E-state index in [0.29, 0.717) is 12.0 Å². The predicted molar refractivity (Wildman–Crippen MR) is 107 cm³/mol. The number of nitrogens with zero attached hydrogens (tertiary/aromatic N) is 1. The van der Waals surface area contributed by atoms with Crippen molar-refractivity contribution < 1.29 is 19.2 Å². The van der Waals surface area contributed by atoms with Gasteiger partial charge >= 0.3 is 0 Å². The second kappa shape index (κ2) is 7.50. The molecule has 2 heterocycles. The highest BCUT2D eigenvalue weighted by molar-refractivity contribution is 5.98. The molecule has 8 nitrogen and oxygen atoms in total. The number of carbonyl (C=O) groups excluding carboxylic acids is 4. The van der Waals surface area contributed by atoms with Crippen molar-refractivity contribution in [2.75, 3.05) is 19.6 Å². The van der Waals surface area contributed by atoms with Crippen molar-refractivity contribution in [1.82, 2.24) is 20.9 Å². The summed E-state index contributed by atoms with van der Waals surface area (Å²) < 4.78 is 0. The molecule has 0 aromatic heterocycles. The highest BCUT2D eigenvalue weighted by atomic mass is 16.2. The molecule has 8 heteroatoms. The van der Waals surface area contributed by atoms with Crippen LogP contribution in [-0.2, 0) is 20.8 Å². The van der Waals surface area contributed by atoms with E-state index in [1.54, 1.807) is 17.0 Å². The van der Waals surface area contributed by atoms with Gasteiger partial charge in [-0.3, -0.25) is 19.2 Å². The smallest absolute Gasteiger partial charge is 0.252 e. The Bertz CT molecular complexity index is 860. The Hall–Kier alpha value is -2.90. The number of hydrogen-bond donors (Lipinski definition) is 3. The van der Waals surface area contributed by atoms with E-state index in [0.717, 1.165) is 5.56 Å². The summed E-state index contributed by atoms with van der Waals surface area (Å²) in [6, 6.07) is 7.31. The highest BCUT2D eigenvalue weighted by Gasteiger charge is 2.54. The van der Waals surface area contributed by atoms with Crippen molar-refractivity contribution in [1.29, 1.82) is 0 Å². The quantitative estimate of drug-likeness (QED) is 0.675. The Balaban J connectivity index is 1.91. The second-order valence-corrected chi connectivity index (χ2v) is 8.92. The Labute approximate surface area is 170 Å². The molecule has 29 heavy (non-hydrogen) atoms. The normalized spacial score (nSPS) is 23.4. The summed E-state index contributed by atoms with van der Waals surface area (Å²) in [7, 11) is 0. The Morgan fingerprint density at radius 2 is 1.93 bits per heavy atom. The fraction of sp³-hybridized carbons (Fsp3) is 0.524. The van der Waals surface area contributed by atoms with Crippen LogP contribution in [0, 0.1) is 5.92 Å². The van der Waals surface area contributed by atoms with E-state index in [-0.39, 0.29) is 43.3 Å². The van der Waals surface area contributed by atoms with Crippen LogP contribution in [-0.4, -0.2) is 59.2 Å². The minimum atomic E-state index is -0.882. The van der Waals surface area contributed by atoms with E-state index in [1.165, 1.54) is 6.92 Å². The van der Waals surface area contributed by atoms with Crippen molar-refractivity contribution >= 4 is 23.6 Å². The molecule has 0 radical (unpaired) electrons. The summed E-state index contributed by atoms with van der Waals surface area (Å²) >= 11 is 0. The molecule has 3 N–H and O–H groups in total. The topological polar surface area (TPSA) is 108 Å². The number of likely N-dealkylation sites (tertiary alicyclic amines) is 1. The van der Waals surface area contributed by atoms with Crippen LogP contribution in [0.4, 0.5) is 0 Å². The van der Waals surface area contributed by atoms with E-state index in [2.05, 4.69) is 16.0 Å². The van der Waals surface area contributed by atoms with Crippen LogP contribution >= 0.6 is 0 Å². The molecule has 1 spiro atoms. The largest absolute Gasteiger partial charge is 0.351 e. The number of fused-ring (bicyclic) bond motifs is 1. The van der Waals surface area contributed by atoms with Crippen LogP contribution in [0.5, 0.6) is 0 Å². The molecule has 1 aromatic carbocycles. The van der Waals surface area contributed by atoms with Gasteiger partial charge in [0.05, 0.1) is 18.0 Å². The molecular formula is C21H28N4O4. The zero-order valence-corrected chi connectivity index (χ0v) is 17.3. The summed E-state index contributed by atoms with van der Waals surface area (Å²) in [6.45, 7) is 7.28. The van der Waals surface area contributed by atoms with Gasteiger partial charge in [-0.15, -0.1) is 0 Å². The summed E-state index contributed by atoms with van der Waals surface area (Å²) in [5.41, 5.74) is 0.131. The van der Waals surface area contributed by atoms with Gasteiger partial charge in [0.25, 0.3) is 5.91 Å². The van der Waals surface area contributed by atoms with Crippen LogP contribution in [0.3, 0.4) is 0 Å². The lowest BCUT2D eigenvalue weighted by Gasteiger charge is -2.39.